The lowest BCUT2D eigenvalue weighted by Crippen LogP contribution is -2.07. The van der Waals surface area contributed by atoms with Crippen LogP contribution in [-0.4, -0.2) is 26.6 Å². The van der Waals surface area contributed by atoms with Crippen LogP contribution in [0.2, 0.25) is 0 Å². The Labute approximate surface area is 114 Å². The van der Waals surface area contributed by atoms with Gasteiger partial charge < -0.3 is 4.79 Å². The van der Waals surface area contributed by atoms with E-state index in [0.29, 0.717) is 19.3 Å². The van der Waals surface area contributed by atoms with E-state index >= 15 is 0 Å². The molecule has 0 saturated heterocycles. The standard InChI is InChI=1S/C14H23N3O2/c1-11(2)14(19)8-7-13-10-17(16-15-13)9-5-4-6-12(3)18/h10-11H,4-9H2,1-3H3. The number of ketones is 2. The summed E-state index contributed by atoms with van der Waals surface area (Å²) in [4.78, 5) is 22.3. The van der Waals surface area contributed by atoms with E-state index in [1.807, 2.05) is 20.0 Å². The molecule has 1 heterocycles. The Balaban J connectivity index is 2.28. The topological polar surface area (TPSA) is 64.8 Å². The van der Waals surface area contributed by atoms with Crippen molar-refractivity contribution in [2.24, 2.45) is 5.92 Å². The average molecular weight is 265 g/mol. The molecule has 5 heteroatoms. The lowest BCUT2D eigenvalue weighted by molar-refractivity contribution is -0.122. The van der Waals surface area contributed by atoms with Crippen molar-refractivity contribution in [3.63, 3.8) is 0 Å². The molecule has 0 saturated carbocycles. The minimum atomic E-state index is 0.0848. The summed E-state index contributed by atoms with van der Waals surface area (Å²) < 4.78 is 1.79. The van der Waals surface area contributed by atoms with Crippen molar-refractivity contribution in [1.82, 2.24) is 15.0 Å². The fourth-order valence-electron chi connectivity index (χ4n) is 1.75. The van der Waals surface area contributed by atoms with E-state index in [1.165, 1.54) is 0 Å². The summed E-state index contributed by atoms with van der Waals surface area (Å²) in [6.07, 6.45) is 5.51. The van der Waals surface area contributed by atoms with E-state index in [9.17, 15) is 9.59 Å². The third kappa shape index (κ3) is 6.27. The van der Waals surface area contributed by atoms with Gasteiger partial charge in [-0.2, -0.15) is 0 Å². The van der Waals surface area contributed by atoms with Crippen LogP contribution in [0.1, 0.15) is 52.1 Å². The molecule has 1 rings (SSSR count). The van der Waals surface area contributed by atoms with Crippen LogP contribution in [-0.2, 0) is 22.6 Å². The third-order valence-electron chi connectivity index (χ3n) is 3.02. The van der Waals surface area contributed by atoms with E-state index in [0.717, 1.165) is 25.1 Å². The number of carbonyl (C=O) groups is 2. The lowest BCUT2D eigenvalue weighted by atomic mass is 10.0. The van der Waals surface area contributed by atoms with Gasteiger partial charge in [0.05, 0.1) is 5.69 Å². The van der Waals surface area contributed by atoms with Gasteiger partial charge in [0, 0.05) is 37.9 Å². The second-order valence-corrected chi connectivity index (χ2v) is 5.25. The lowest BCUT2D eigenvalue weighted by Gasteiger charge is -2.01. The number of nitrogens with zero attached hydrogens (tertiary/aromatic N) is 3. The van der Waals surface area contributed by atoms with Crippen LogP contribution in [0, 0.1) is 5.92 Å². The van der Waals surface area contributed by atoms with Crippen molar-refractivity contribution in [3.05, 3.63) is 11.9 Å². The van der Waals surface area contributed by atoms with Gasteiger partial charge in [-0.05, 0) is 19.8 Å². The SMILES string of the molecule is CC(=O)CCCCn1cc(CCC(=O)C(C)C)nn1. The molecule has 0 spiro atoms. The second-order valence-electron chi connectivity index (χ2n) is 5.25. The van der Waals surface area contributed by atoms with Gasteiger partial charge in [0.2, 0.25) is 0 Å². The number of Topliss-reactive ketones (excluding diaryl/α,β-unsaturated/α-hetero) is 2. The van der Waals surface area contributed by atoms with Gasteiger partial charge in [0.15, 0.2) is 0 Å². The maximum Gasteiger partial charge on any atom is 0.135 e. The van der Waals surface area contributed by atoms with Gasteiger partial charge in [-0.3, -0.25) is 9.48 Å². The molecule has 0 bridgehead atoms. The molecule has 0 unspecified atom stereocenters. The number of aromatic nitrogens is 3. The highest BCUT2D eigenvalue weighted by Crippen LogP contribution is 2.05. The van der Waals surface area contributed by atoms with Gasteiger partial charge in [0.1, 0.15) is 11.6 Å². The van der Waals surface area contributed by atoms with Gasteiger partial charge in [-0.25, -0.2) is 0 Å². The van der Waals surface area contributed by atoms with Gasteiger partial charge in [-0.1, -0.05) is 19.1 Å². The van der Waals surface area contributed by atoms with Gasteiger partial charge in [0.25, 0.3) is 0 Å². The van der Waals surface area contributed by atoms with Crippen molar-refractivity contribution >= 4 is 11.6 Å². The molecule has 0 aliphatic rings. The maximum absolute atomic E-state index is 11.5. The monoisotopic (exact) mass is 265 g/mol. The van der Waals surface area contributed by atoms with Gasteiger partial charge >= 0.3 is 0 Å². The molecule has 0 N–H and O–H groups in total. The van der Waals surface area contributed by atoms with E-state index in [2.05, 4.69) is 10.3 Å². The molecule has 1 aromatic rings. The normalized spacial score (nSPS) is 10.9. The van der Waals surface area contributed by atoms with Crippen LogP contribution in [0.15, 0.2) is 6.20 Å². The number of rotatable bonds is 9. The van der Waals surface area contributed by atoms with Crippen molar-refractivity contribution in [3.8, 4) is 0 Å². The quantitative estimate of drug-likeness (QED) is 0.642. The first-order valence-corrected chi connectivity index (χ1v) is 6.90. The largest absolute Gasteiger partial charge is 0.300 e. The molecule has 0 aliphatic heterocycles. The Bertz CT molecular complexity index is 424. The van der Waals surface area contributed by atoms with Crippen LogP contribution < -0.4 is 0 Å². The summed E-state index contributed by atoms with van der Waals surface area (Å²) in [6, 6.07) is 0. The summed E-state index contributed by atoms with van der Waals surface area (Å²) in [5.41, 5.74) is 0.862. The molecule has 0 radical (unpaired) electrons. The Kier molecular flexibility index (Phi) is 6.39. The number of carbonyl (C=O) groups excluding carboxylic acids is 2. The molecule has 5 nitrogen and oxygen atoms in total. The molecule has 0 aliphatic carbocycles. The molecule has 0 aromatic carbocycles. The number of aryl methyl sites for hydroxylation is 2. The highest BCUT2D eigenvalue weighted by Gasteiger charge is 2.09. The number of unbranched alkanes of at least 4 members (excludes halogenated alkanes) is 1. The molecule has 1 aromatic heterocycles. The third-order valence-corrected chi connectivity index (χ3v) is 3.02. The van der Waals surface area contributed by atoms with Crippen molar-refractivity contribution in [2.75, 3.05) is 0 Å². The minimum absolute atomic E-state index is 0.0848. The summed E-state index contributed by atoms with van der Waals surface area (Å²) >= 11 is 0. The van der Waals surface area contributed by atoms with Gasteiger partial charge in [-0.15, -0.1) is 5.10 Å². The average Bonchev–Trinajstić information content (AvgIpc) is 2.79. The zero-order valence-corrected chi connectivity index (χ0v) is 12.1. The number of hydrogen-bond donors (Lipinski definition) is 0. The fourth-order valence-corrected chi connectivity index (χ4v) is 1.75. The first-order chi connectivity index (χ1) is 8.99. The Hall–Kier alpha value is -1.52. The summed E-state index contributed by atoms with van der Waals surface area (Å²) in [7, 11) is 0. The minimum Gasteiger partial charge on any atom is -0.300 e. The van der Waals surface area contributed by atoms with E-state index in [4.69, 9.17) is 0 Å². The summed E-state index contributed by atoms with van der Waals surface area (Å²) in [5.74, 6) is 0.573. The van der Waals surface area contributed by atoms with E-state index < -0.39 is 0 Å². The second kappa shape index (κ2) is 7.81. The van der Waals surface area contributed by atoms with Crippen molar-refractivity contribution < 1.29 is 9.59 Å². The van der Waals surface area contributed by atoms with Crippen LogP contribution in [0.25, 0.3) is 0 Å². The molecular formula is C14H23N3O2. The molecule has 0 amide bonds. The van der Waals surface area contributed by atoms with Crippen LogP contribution >= 0.6 is 0 Å². The zero-order valence-electron chi connectivity index (χ0n) is 12.1. The Morgan fingerprint density at radius 3 is 2.63 bits per heavy atom. The predicted molar refractivity (Wildman–Crippen MR) is 72.7 cm³/mol. The van der Waals surface area contributed by atoms with E-state index in [-0.39, 0.29) is 17.5 Å². The highest BCUT2D eigenvalue weighted by molar-refractivity contribution is 5.80. The molecular weight excluding hydrogens is 242 g/mol. The van der Waals surface area contributed by atoms with Crippen molar-refractivity contribution in [1.29, 1.82) is 0 Å². The van der Waals surface area contributed by atoms with Crippen LogP contribution in [0.5, 0.6) is 0 Å². The maximum atomic E-state index is 11.5. The molecule has 19 heavy (non-hydrogen) atoms. The zero-order chi connectivity index (χ0) is 14.3. The molecule has 0 atom stereocenters. The Morgan fingerprint density at radius 2 is 2.00 bits per heavy atom. The fraction of sp³-hybridized carbons (Fsp3) is 0.714. The molecule has 106 valence electrons. The predicted octanol–water partition coefficient (Wildman–Crippen LogP) is 2.20. The first kappa shape index (κ1) is 15.5. The van der Waals surface area contributed by atoms with Crippen molar-refractivity contribution in [2.45, 2.75) is 59.4 Å². The Morgan fingerprint density at radius 1 is 1.26 bits per heavy atom. The summed E-state index contributed by atoms with van der Waals surface area (Å²) in [6.45, 7) is 6.21. The van der Waals surface area contributed by atoms with Crippen LogP contribution in [0.3, 0.4) is 0 Å². The summed E-state index contributed by atoms with van der Waals surface area (Å²) in [5, 5.41) is 8.08. The number of hydrogen-bond acceptors (Lipinski definition) is 4. The molecule has 0 fully saturated rings. The highest BCUT2D eigenvalue weighted by atomic mass is 16.1. The van der Waals surface area contributed by atoms with Crippen LogP contribution in [0.4, 0.5) is 0 Å². The first-order valence-electron chi connectivity index (χ1n) is 6.90. The van der Waals surface area contributed by atoms with E-state index in [1.54, 1.807) is 11.6 Å². The smallest absolute Gasteiger partial charge is 0.135 e.